The Labute approximate surface area is 117 Å². The molecule has 0 radical (unpaired) electrons. The first-order chi connectivity index (χ1) is 9.56. The lowest BCUT2D eigenvalue weighted by Crippen LogP contribution is -2.28. The van der Waals surface area contributed by atoms with Gasteiger partial charge in [-0.1, -0.05) is 11.6 Å². The summed E-state index contributed by atoms with van der Waals surface area (Å²) in [5.74, 6) is -0.910. The summed E-state index contributed by atoms with van der Waals surface area (Å²) in [5.41, 5.74) is 2.90. The van der Waals surface area contributed by atoms with Gasteiger partial charge >= 0.3 is 5.97 Å². The van der Waals surface area contributed by atoms with Gasteiger partial charge in [0.15, 0.2) is 0 Å². The van der Waals surface area contributed by atoms with E-state index in [0.29, 0.717) is 19.5 Å². The molecule has 0 aromatic heterocycles. The van der Waals surface area contributed by atoms with Gasteiger partial charge in [0.2, 0.25) is 5.91 Å². The maximum Gasteiger partial charge on any atom is 0.328 e. The summed E-state index contributed by atoms with van der Waals surface area (Å²) in [5, 5.41) is 11.6. The summed E-state index contributed by atoms with van der Waals surface area (Å²) in [6, 6.07) is 5.93. The minimum atomic E-state index is -0.967. The van der Waals surface area contributed by atoms with Crippen LogP contribution >= 0.6 is 0 Å². The van der Waals surface area contributed by atoms with Crippen molar-refractivity contribution in [2.45, 2.75) is 13.3 Å². The fraction of sp³-hybridized carbons (Fsp3) is 0.333. The molecule has 1 fully saturated rings. The van der Waals surface area contributed by atoms with Crippen molar-refractivity contribution in [2.24, 2.45) is 0 Å². The SMILES string of the molecule is Cc1ccc(N2CCNC(=O)CC2)c(/C=C/C(=O)O)c1. The van der Waals surface area contributed by atoms with Crippen LogP contribution in [0.3, 0.4) is 0 Å². The molecule has 1 aliphatic rings. The van der Waals surface area contributed by atoms with Gasteiger partial charge in [0.25, 0.3) is 0 Å². The lowest BCUT2D eigenvalue weighted by Gasteiger charge is -2.24. The molecule has 0 aliphatic carbocycles. The van der Waals surface area contributed by atoms with Crippen molar-refractivity contribution in [1.82, 2.24) is 5.32 Å². The zero-order valence-electron chi connectivity index (χ0n) is 11.4. The maximum atomic E-state index is 11.4. The van der Waals surface area contributed by atoms with E-state index in [2.05, 4.69) is 10.2 Å². The number of anilines is 1. The van der Waals surface area contributed by atoms with Gasteiger partial charge < -0.3 is 15.3 Å². The molecule has 1 saturated heterocycles. The lowest BCUT2D eigenvalue weighted by atomic mass is 10.1. The van der Waals surface area contributed by atoms with Gasteiger partial charge in [-0.05, 0) is 30.7 Å². The molecule has 0 saturated carbocycles. The van der Waals surface area contributed by atoms with Crippen molar-refractivity contribution in [3.05, 3.63) is 35.4 Å². The largest absolute Gasteiger partial charge is 0.478 e. The van der Waals surface area contributed by atoms with Crippen LogP contribution < -0.4 is 10.2 Å². The normalized spacial score (nSPS) is 16.1. The van der Waals surface area contributed by atoms with Crippen LogP contribution in [-0.4, -0.2) is 36.6 Å². The maximum absolute atomic E-state index is 11.4. The zero-order chi connectivity index (χ0) is 14.5. The van der Waals surface area contributed by atoms with Crippen LogP contribution in [-0.2, 0) is 9.59 Å². The predicted molar refractivity (Wildman–Crippen MR) is 77.7 cm³/mol. The number of nitrogens with one attached hydrogen (secondary N) is 1. The van der Waals surface area contributed by atoms with Crippen LogP contribution in [0.25, 0.3) is 6.08 Å². The van der Waals surface area contributed by atoms with E-state index in [4.69, 9.17) is 5.11 Å². The van der Waals surface area contributed by atoms with Gasteiger partial charge in [-0.15, -0.1) is 0 Å². The second-order valence-electron chi connectivity index (χ2n) is 4.82. The van der Waals surface area contributed by atoms with Crippen LogP contribution in [0.4, 0.5) is 5.69 Å². The zero-order valence-corrected chi connectivity index (χ0v) is 11.4. The van der Waals surface area contributed by atoms with Crippen LogP contribution in [0.2, 0.25) is 0 Å². The number of carboxylic acid groups (broad SMARTS) is 1. The monoisotopic (exact) mass is 274 g/mol. The van der Waals surface area contributed by atoms with E-state index in [1.54, 1.807) is 6.08 Å². The number of rotatable bonds is 3. The third kappa shape index (κ3) is 3.60. The standard InChI is InChI=1S/C15H18N2O3/c1-11-2-4-13(12(10-11)3-5-15(19)20)17-8-6-14(18)16-7-9-17/h2-5,10H,6-9H2,1H3,(H,16,18)(H,19,20)/b5-3+. The molecule has 2 N–H and O–H groups in total. The van der Waals surface area contributed by atoms with Crippen molar-refractivity contribution < 1.29 is 14.7 Å². The lowest BCUT2D eigenvalue weighted by molar-refractivity contribution is -0.131. The summed E-state index contributed by atoms with van der Waals surface area (Å²) < 4.78 is 0. The first kappa shape index (κ1) is 14.1. The number of carboxylic acids is 1. The molecule has 1 aromatic carbocycles. The topological polar surface area (TPSA) is 69.6 Å². The van der Waals surface area contributed by atoms with E-state index >= 15 is 0 Å². The molecule has 1 aromatic rings. The van der Waals surface area contributed by atoms with Crippen molar-refractivity contribution in [1.29, 1.82) is 0 Å². The summed E-state index contributed by atoms with van der Waals surface area (Å²) in [6.07, 6.45) is 3.19. The molecule has 1 aliphatic heterocycles. The second-order valence-corrected chi connectivity index (χ2v) is 4.82. The number of aryl methyl sites for hydroxylation is 1. The summed E-state index contributed by atoms with van der Waals surface area (Å²) in [6.45, 7) is 3.94. The number of amides is 1. The molecule has 0 spiro atoms. The van der Waals surface area contributed by atoms with E-state index < -0.39 is 5.97 Å². The quantitative estimate of drug-likeness (QED) is 0.818. The van der Waals surface area contributed by atoms with Crippen LogP contribution in [0.15, 0.2) is 24.3 Å². The average molecular weight is 274 g/mol. The van der Waals surface area contributed by atoms with Crippen LogP contribution in [0, 0.1) is 6.92 Å². The van der Waals surface area contributed by atoms with Crippen molar-refractivity contribution in [3.8, 4) is 0 Å². The third-order valence-electron chi connectivity index (χ3n) is 3.24. The molecular weight excluding hydrogens is 256 g/mol. The van der Waals surface area contributed by atoms with E-state index in [1.807, 2.05) is 25.1 Å². The molecular formula is C15H18N2O3. The number of hydrogen-bond acceptors (Lipinski definition) is 3. The number of hydrogen-bond donors (Lipinski definition) is 2. The summed E-state index contributed by atoms with van der Waals surface area (Å²) >= 11 is 0. The Hall–Kier alpha value is -2.30. The number of aliphatic carboxylic acids is 1. The second kappa shape index (κ2) is 6.23. The Morgan fingerprint density at radius 3 is 2.95 bits per heavy atom. The summed E-state index contributed by atoms with van der Waals surface area (Å²) in [7, 11) is 0. The Morgan fingerprint density at radius 1 is 1.40 bits per heavy atom. The highest BCUT2D eigenvalue weighted by Crippen LogP contribution is 2.24. The Morgan fingerprint density at radius 2 is 2.20 bits per heavy atom. The van der Waals surface area contributed by atoms with E-state index in [9.17, 15) is 9.59 Å². The first-order valence-corrected chi connectivity index (χ1v) is 6.59. The Balaban J connectivity index is 2.29. The number of benzene rings is 1. The first-order valence-electron chi connectivity index (χ1n) is 6.59. The smallest absolute Gasteiger partial charge is 0.328 e. The number of carbonyl (C=O) groups is 2. The van der Waals surface area contributed by atoms with Crippen LogP contribution in [0.5, 0.6) is 0 Å². The number of carbonyl (C=O) groups excluding carboxylic acids is 1. The molecule has 2 rings (SSSR count). The molecule has 106 valence electrons. The molecule has 0 bridgehead atoms. The highest BCUT2D eigenvalue weighted by atomic mass is 16.4. The molecule has 5 heteroatoms. The average Bonchev–Trinajstić information content (AvgIpc) is 2.61. The van der Waals surface area contributed by atoms with Gasteiger partial charge in [0, 0.05) is 37.8 Å². The van der Waals surface area contributed by atoms with E-state index in [0.717, 1.165) is 29.4 Å². The molecule has 5 nitrogen and oxygen atoms in total. The highest BCUT2D eigenvalue weighted by Gasteiger charge is 2.15. The van der Waals surface area contributed by atoms with Crippen molar-refractivity contribution >= 4 is 23.6 Å². The fourth-order valence-corrected chi connectivity index (χ4v) is 2.26. The van der Waals surface area contributed by atoms with Crippen LogP contribution in [0.1, 0.15) is 17.5 Å². The fourth-order valence-electron chi connectivity index (χ4n) is 2.26. The van der Waals surface area contributed by atoms with Gasteiger partial charge in [0.05, 0.1) is 0 Å². The van der Waals surface area contributed by atoms with Gasteiger partial charge in [-0.2, -0.15) is 0 Å². The molecule has 0 unspecified atom stereocenters. The van der Waals surface area contributed by atoms with E-state index in [-0.39, 0.29) is 5.91 Å². The molecule has 20 heavy (non-hydrogen) atoms. The van der Waals surface area contributed by atoms with E-state index in [1.165, 1.54) is 0 Å². The van der Waals surface area contributed by atoms with Crippen molar-refractivity contribution in [2.75, 3.05) is 24.5 Å². The minimum Gasteiger partial charge on any atom is -0.478 e. The minimum absolute atomic E-state index is 0.0576. The molecule has 0 atom stereocenters. The van der Waals surface area contributed by atoms with Gasteiger partial charge in [0.1, 0.15) is 0 Å². The third-order valence-corrected chi connectivity index (χ3v) is 3.24. The van der Waals surface area contributed by atoms with Crippen molar-refractivity contribution in [3.63, 3.8) is 0 Å². The summed E-state index contributed by atoms with van der Waals surface area (Å²) in [4.78, 5) is 24.2. The Bertz CT molecular complexity index is 552. The molecule has 1 amide bonds. The Kier molecular flexibility index (Phi) is 4.40. The predicted octanol–water partition coefficient (Wildman–Crippen LogP) is 1.42. The number of nitrogens with zero attached hydrogens (tertiary/aromatic N) is 1. The molecule has 1 heterocycles. The van der Waals surface area contributed by atoms with Gasteiger partial charge in [-0.25, -0.2) is 4.79 Å². The van der Waals surface area contributed by atoms with Gasteiger partial charge in [-0.3, -0.25) is 4.79 Å². The highest BCUT2D eigenvalue weighted by molar-refractivity contribution is 5.87.